The van der Waals surface area contributed by atoms with Gasteiger partial charge in [0.2, 0.25) is 0 Å². The molecule has 0 N–H and O–H groups in total. The summed E-state index contributed by atoms with van der Waals surface area (Å²) >= 11 is 0. The van der Waals surface area contributed by atoms with Crippen molar-refractivity contribution in [3.8, 4) is 11.4 Å². The molecule has 1 atom stereocenters. The van der Waals surface area contributed by atoms with Gasteiger partial charge in [-0.2, -0.15) is 0 Å². The average Bonchev–Trinajstić information content (AvgIpc) is 2.62. The van der Waals surface area contributed by atoms with Crippen LogP contribution in [-0.4, -0.2) is 40.8 Å². The summed E-state index contributed by atoms with van der Waals surface area (Å²) in [5, 5.41) is 1.10. The van der Waals surface area contributed by atoms with Crippen LogP contribution in [-0.2, 0) is 4.74 Å². The fourth-order valence-electron chi connectivity index (χ4n) is 3.28. The molecule has 128 valence electrons. The Labute approximate surface area is 147 Å². The molecule has 1 fully saturated rings. The summed E-state index contributed by atoms with van der Waals surface area (Å²) in [5.41, 5.74) is 4.11. The third-order valence-electron chi connectivity index (χ3n) is 4.71. The normalized spacial score (nSPS) is 17.9. The summed E-state index contributed by atoms with van der Waals surface area (Å²) in [6.07, 6.45) is 1.87. The number of hydrogen-bond acceptors (Lipinski definition) is 5. The molecule has 2 aromatic heterocycles. The number of rotatable bonds is 2. The number of hydrogen-bond donors (Lipinski definition) is 0. The summed E-state index contributed by atoms with van der Waals surface area (Å²) in [6, 6.07) is 10.7. The quantitative estimate of drug-likeness (QED) is 0.717. The Morgan fingerprint density at radius 1 is 1.12 bits per heavy atom. The summed E-state index contributed by atoms with van der Waals surface area (Å²) in [4.78, 5) is 16.3. The van der Waals surface area contributed by atoms with Crippen LogP contribution < -0.4 is 4.90 Å². The van der Waals surface area contributed by atoms with E-state index in [4.69, 9.17) is 9.72 Å². The molecule has 0 bridgehead atoms. The van der Waals surface area contributed by atoms with E-state index >= 15 is 0 Å². The highest BCUT2D eigenvalue weighted by Crippen LogP contribution is 2.24. The molecule has 1 aliphatic heterocycles. The van der Waals surface area contributed by atoms with Gasteiger partial charge in [-0.25, -0.2) is 15.0 Å². The van der Waals surface area contributed by atoms with Gasteiger partial charge in [-0.3, -0.25) is 0 Å². The van der Waals surface area contributed by atoms with E-state index in [1.807, 2.05) is 13.1 Å². The number of pyridine rings is 1. The van der Waals surface area contributed by atoms with Gasteiger partial charge in [0.15, 0.2) is 5.82 Å². The van der Waals surface area contributed by atoms with Gasteiger partial charge in [0.25, 0.3) is 0 Å². The van der Waals surface area contributed by atoms with Crippen molar-refractivity contribution in [1.82, 2.24) is 15.0 Å². The number of fused-ring (bicyclic) bond motifs is 1. The molecule has 0 saturated carbocycles. The Morgan fingerprint density at radius 3 is 2.76 bits per heavy atom. The lowest BCUT2D eigenvalue weighted by Crippen LogP contribution is -2.44. The van der Waals surface area contributed by atoms with Crippen LogP contribution in [0.25, 0.3) is 22.3 Å². The van der Waals surface area contributed by atoms with Gasteiger partial charge >= 0.3 is 0 Å². The number of aryl methyl sites for hydroxylation is 2. The summed E-state index contributed by atoms with van der Waals surface area (Å²) in [7, 11) is 0. The number of ether oxygens (including phenoxy) is 1. The fraction of sp³-hybridized carbons (Fsp3) is 0.350. The van der Waals surface area contributed by atoms with Crippen LogP contribution in [0.4, 0.5) is 5.82 Å². The predicted molar refractivity (Wildman–Crippen MR) is 99.9 cm³/mol. The number of anilines is 1. The van der Waals surface area contributed by atoms with Crippen molar-refractivity contribution in [2.75, 3.05) is 24.7 Å². The molecule has 25 heavy (non-hydrogen) atoms. The summed E-state index contributed by atoms with van der Waals surface area (Å²) in [6.45, 7) is 8.64. The van der Waals surface area contributed by atoms with Crippen LogP contribution in [0.15, 0.2) is 36.5 Å². The Morgan fingerprint density at radius 2 is 2.00 bits per heavy atom. The molecule has 3 aromatic rings. The first-order valence-corrected chi connectivity index (χ1v) is 8.67. The maximum Gasteiger partial charge on any atom is 0.161 e. The van der Waals surface area contributed by atoms with Crippen LogP contribution >= 0.6 is 0 Å². The third kappa shape index (κ3) is 3.07. The first kappa shape index (κ1) is 16.0. The van der Waals surface area contributed by atoms with Gasteiger partial charge in [-0.05, 0) is 44.5 Å². The van der Waals surface area contributed by atoms with Crippen molar-refractivity contribution in [2.24, 2.45) is 0 Å². The van der Waals surface area contributed by atoms with Crippen molar-refractivity contribution in [3.63, 3.8) is 0 Å². The molecule has 1 saturated heterocycles. The monoisotopic (exact) mass is 334 g/mol. The van der Waals surface area contributed by atoms with E-state index in [0.29, 0.717) is 6.04 Å². The lowest BCUT2D eigenvalue weighted by Gasteiger charge is -2.34. The second-order valence-electron chi connectivity index (χ2n) is 6.68. The Bertz CT molecular complexity index is 907. The molecular formula is C20H22N4O. The van der Waals surface area contributed by atoms with E-state index in [1.54, 1.807) is 0 Å². The van der Waals surface area contributed by atoms with E-state index in [1.165, 1.54) is 5.56 Å². The number of nitrogens with zero attached hydrogens (tertiary/aromatic N) is 4. The largest absolute Gasteiger partial charge is 0.377 e. The molecule has 0 radical (unpaired) electrons. The highest BCUT2D eigenvalue weighted by atomic mass is 16.5. The van der Waals surface area contributed by atoms with Crippen molar-refractivity contribution >= 4 is 16.7 Å². The zero-order chi connectivity index (χ0) is 17.4. The van der Waals surface area contributed by atoms with Crippen LogP contribution in [0.5, 0.6) is 0 Å². The highest BCUT2D eigenvalue weighted by molar-refractivity contribution is 5.83. The molecule has 5 nitrogen and oxygen atoms in total. The molecule has 1 aromatic carbocycles. The first-order valence-electron chi connectivity index (χ1n) is 8.67. The maximum absolute atomic E-state index is 5.50. The van der Waals surface area contributed by atoms with Crippen molar-refractivity contribution < 1.29 is 4.74 Å². The fourth-order valence-corrected chi connectivity index (χ4v) is 3.28. The molecule has 0 amide bonds. The van der Waals surface area contributed by atoms with E-state index in [9.17, 15) is 0 Å². The minimum absolute atomic E-state index is 0.342. The summed E-state index contributed by atoms with van der Waals surface area (Å²) < 4.78 is 5.50. The number of aromatic nitrogens is 3. The van der Waals surface area contributed by atoms with Crippen LogP contribution in [0.1, 0.15) is 18.2 Å². The standard InChI is InChI=1S/C20H22N4O/c1-13-4-6-17-15(3)22-20(23-18(17)10-13)16-5-7-19(21-11-16)24-8-9-25-12-14(24)2/h4-7,10-11,14H,8-9,12H2,1-3H3/t14-/m0/s1. The number of morpholine rings is 1. The van der Waals surface area contributed by atoms with Gasteiger partial charge in [0.1, 0.15) is 5.82 Å². The van der Waals surface area contributed by atoms with E-state index < -0.39 is 0 Å². The van der Waals surface area contributed by atoms with Gasteiger partial charge in [-0.15, -0.1) is 0 Å². The van der Waals surface area contributed by atoms with Gasteiger partial charge in [0, 0.05) is 29.4 Å². The molecule has 4 rings (SSSR count). The molecular weight excluding hydrogens is 312 g/mol. The zero-order valence-electron chi connectivity index (χ0n) is 14.9. The SMILES string of the molecule is Cc1ccc2c(C)nc(-c3ccc(N4CCOC[C@@H]4C)nc3)nc2c1. The minimum Gasteiger partial charge on any atom is -0.377 e. The van der Waals surface area contributed by atoms with E-state index in [2.05, 4.69) is 59.0 Å². The van der Waals surface area contributed by atoms with Crippen LogP contribution in [0.2, 0.25) is 0 Å². The predicted octanol–water partition coefficient (Wildman–Crippen LogP) is 3.53. The number of benzene rings is 1. The Balaban J connectivity index is 1.69. The lowest BCUT2D eigenvalue weighted by atomic mass is 10.1. The van der Waals surface area contributed by atoms with Gasteiger partial charge < -0.3 is 9.64 Å². The van der Waals surface area contributed by atoms with Gasteiger partial charge in [-0.1, -0.05) is 12.1 Å². The van der Waals surface area contributed by atoms with Crippen molar-refractivity contribution in [2.45, 2.75) is 26.8 Å². The zero-order valence-corrected chi connectivity index (χ0v) is 14.9. The second-order valence-corrected chi connectivity index (χ2v) is 6.68. The average molecular weight is 334 g/mol. The second kappa shape index (κ2) is 6.41. The molecule has 0 unspecified atom stereocenters. The minimum atomic E-state index is 0.342. The topological polar surface area (TPSA) is 51.1 Å². The molecule has 0 aliphatic carbocycles. The molecule has 1 aliphatic rings. The lowest BCUT2D eigenvalue weighted by molar-refractivity contribution is 0.0985. The molecule has 3 heterocycles. The Hall–Kier alpha value is -2.53. The van der Waals surface area contributed by atoms with Crippen molar-refractivity contribution in [1.29, 1.82) is 0 Å². The van der Waals surface area contributed by atoms with E-state index in [0.717, 1.165) is 53.6 Å². The van der Waals surface area contributed by atoms with Gasteiger partial charge in [0.05, 0.1) is 24.8 Å². The molecule has 0 spiro atoms. The highest BCUT2D eigenvalue weighted by Gasteiger charge is 2.20. The molecule has 5 heteroatoms. The van der Waals surface area contributed by atoms with Crippen molar-refractivity contribution in [3.05, 3.63) is 47.8 Å². The maximum atomic E-state index is 5.50. The first-order chi connectivity index (χ1) is 12.1. The van der Waals surface area contributed by atoms with Crippen LogP contribution in [0.3, 0.4) is 0 Å². The van der Waals surface area contributed by atoms with E-state index in [-0.39, 0.29) is 0 Å². The smallest absolute Gasteiger partial charge is 0.161 e. The third-order valence-corrected chi connectivity index (χ3v) is 4.71. The Kier molecular flexibility index (Phi) is 4.09. The van der Waals surface area contributed by atoms with Crippen LogP contribution in [0, 0.1) is 13.8 Å². The summed E-state index contributed by atoms with van der Waals surface area (Å²) in [5.74, 6) is 1.71.